The highest BCUT2D eigenvalue weighted by Crippen LogP contribution is 2.07. The molecule has 0 aliphatic heterocycles. The second kappa shape index (κ2) is 6.64. The predicted octanol–water partition coefficient (Wildman–Crippen LogP) is 0.406. The fourth-order valence-electron chi connectivity index (χ4n) is 1.50. The van der Waals surface area contributed by atoms with Gasteiger partial charge in [-0.1, -0.05) is 12.1 Å². The van der Waals surface area contributed by atoms with E-state index in [9.17, 15) is 9.59 Å². The van der Waals surface area contributed by atoms with Crippen LogP contribution in [0.5, 0.6) is 0 Å². The van der Waals surface area contributed by atoms with Gasteiger partial charge in [-0.15, -0.1) is 0 Å². The highest BCUT2D eigenvalue weighted by atomic mass is 16.2. The molecule has 2 amide bonds. The van der Waals surface area contributed by atoms with E-state index in [1.54, 1.807) is 19.2 Å². The van der Waals surface area contributed by atoms with Crippen LogP contribution in [-0.2, 0) is 16.0 Å². The van der Waals surface area contributed by atoms with Gasteiger partial charge in [0.15, 0.2) is 0 Å². The topological polar surface area (TPSA) is 75.4 Å². The van der Waals surface area contributed by atoms with Crippen LogP contribution in [0.25, 0.3) is 0 Å². The fraction of sp³-hybridized carbons (Fsp3) is 0.385. The van der Waals surface area contributed by atoms with Crippen molar-refractivity contribution in [2.75, 3.05) is 25.9 Å². The van der Waals surface area contributed by atoms with Crippen molar-refractivity contribution >= 4 is 17.5 Å². The van der Waals surface area contributed by atoms with Crippen LogP contribution in [0.4, 0.5) is 5.69 Å². The van der Waals surface area contributed by atoms with E-state index in [2.05, 4.69) is 5.32 Å². The number of hydrogen-bond acceptors (Lipinski definition) is 3. The number of likely N-dealkylation sites (N-methyl/N-ethyl adjacent to an activating group) is 2. The number of nitrogens with zero attached hydrogens (tertiary/aromatic N) is 1. The van der Waals surface area contributed by atoms with Crippen molar-refractivity contribution in [2.24, 2.45) is 0 Å². The van der Waals surface area contributed by atoms with Crippen molar-refractivity contribution in [3.63, 3.8) is 0 Å². The van der Waals surface area contributed by atoms with Crippen molar-refractivity contribution in [3.05, 3.63) is 29.8 Å². The van der Waals surface area contributed by atoms with Gasteiger partial charge in [-0.3, -0.25) is 9.59 Å². The van der Waals surface area contributed by atoms with Crippen LogP contribution < -0.4 is 11.1 Å². The molecular weight excluding hydrogens is 230 g/mol. The molecule has 98 valence electrons. The first-order valence-corrected chi connectivity index (χ1v) is 5.88. The lowest BCUT2D eigenvalue weighted by molar-refractivity contribution is -0.134. The largest absolute Gasteiger partial charge is 0.399 e. The Kier molecular flexibility index (Phi) is 5.17. The Morgan fingerprint density at radius 3 is 2.44 bits per heavy atom. The zero-order valence-electron chi connectivity index (χ0n) is 10.8. The summed E-state index contributed by atoms with van der Waals surface area (Å²) in [5.41, 5.74) is 7.12. The predicted molar refractivity (Wildman–Crippen MR) is 70.9 cm³/mol. The maximum atomic E-state index is 11.9. The summed E-state index contributed by atoms with van der Waals surface area (Å²) in [4.78, 5) is 24.6. The average molecular weight is 249 g/mol. The second-order valence-electron chi connectivity index (χ2n) is 4.12. The van der Waals surface area contributed by atoms with Crippen molar-refractivity contribution in [2.45, 2.75) is 13.3 Å². The molecular formula is C13H19N3O2. The molecule has 5 heteroatoms. The summed E-state index contributed by atoms with van der Waals surface area (Å²) in [6.07, 6.45) is 0.274. The molecule has 0 aromatic heterocycles. The second-order valence-corrected chi connectivity index (χ2v) is 4.12. The molecule has 0 aliphatic rings. The average Bonchev–Trinajstić information content (AvgIpc) is 2.32. The minimum absolute atomic E-state index is 0.0850. The Hall–Kier alpha value is -2.04. The lowest BCUT2D eigenvalue weighted by Crippen LogP contribution is -2.38. The number of rotatable bonds is 5. The number of nitrogens with two attached hydrogens (primary N) is 1. The van der Waals surface area contributed by atoms with E-state index in [-0.39, 0.29) is 24.8 Å². The van der Waals surface area contributed by atoms with Gasteiger partial charge in [0, 0.05) is 19.3 Å². The van der Waals surface area contributed by atoms with Gasteiger partial charge < -0.3 is 16.0 Å². The Morgan fingerprint density at radius 1 is 1.28 bits per heavy atom. The maximum Gasteiger partial charge on any atom is 0.239 e. The van der Waals surface area contributed by atoms with E-state index < -0.39 is 0 Å². The van der Waals surface area contributed by atoms with Gasteiger partial charge in [-0.25, -0.2) is 0 Å². The van der Waals surface area contributed by atoms with Crippen molar-refractivity contribution in [1.82, 2.24) is 10.2 Å². The number of benzene rings is 1. The lowest BCUT2D eigenvalue weighted by atomic mass is 10.1. The SMILES string of the molecule is CCNC(=O)CN(C)C(=O)Cc1ccc(N)cc1. The first-order chi connectivity index (χ1) is 8.52. The molecule has 0 radical (unpaired) electrons. The van der Waals surface area contributed by atoms with Gasteiger partial charge in [-0.05, 0) is 24.6 Å². The molecule has 0 saturated heterocycles. The first-order valence-electron chi connectivity index (χ1n) is 5.88. The molecule has 3 N–H and O–H groups in total. The van der Waals surface area contributed by atoms with Crippen LogP contribution in [0.1, 0.15) is 12.5 Å². The molecule has 0 spiro atoms. The standard InChI is InChI=1S/C13H19N3O2/c1-3-15-12(17)9-16(2)13(18)8-10-4-6-11(14)7-5-10/h4-7H,3,8-9,14H2,1-2H3,(H,15,17). The molecule has 0 saturated carbocycles. The minimum Gasteiger partial charge on any atom is -0.399 e. The number of nitrogens with one attached hydrogen (secondary N) is 1. The number of hydrogen-bond donors (Lipinski definition) is 2. The van der Waals surface area contributed by atoms with Gasteiger partial charge in [-0.2, -0.15) is 0 Å². The summed E-state index contributed by atoms with van der Waals surface area (Å²) < 4.78 is 0. The number of anilines is 1. The first kappa shape index (κ1) is 14.0. The minimum atomic E-state index is -0.148. The summed E-state index contributed by atoms with van der Waals surface area (Å²) in [5.74, 6) is -0.239. The van der Waals surface area contributed by atoms with Gasteiger partial charge in [0.25, 0.3) is 0 Å². The summed E-state index contributed by atoms with van der Waals surface area (Å²) in [7, 11) is 1.62. The molecule has 0 bridgehead atoms. The third-order valence-corrected chi connectivity index (χ3v) is 2.52. The Bertz CT molecular complexity index is 415. The van der Waals surface area contributed by atoms with Crippen molar-refractivity contribution in [3.8, 4) is 0 Å². The third-order valence-electron chi connectivity index (χ3n) is 2.52. The van der Waals surface area contributed by atoms with Gasteiger partial charge in [0.05, 0.1) is 13.0 Å². The van der Waals surface area contributed by atoms with E-state index >= 15 is 0 Å². The lowest BCUT2D eigenvalue weighted by Gasteiger charge is -2.16. The fourth-order valence-corrected chi connectivity index (χ4v) is 1.50. The zero-order chi connectivity index (χ0) is 13.5. The van der Waals surface area contributed by atoms with E-state index in [1.165, 1.54) is 4.90 Å². The van der Waals surface area contributed by atoms with Crippen LogP contribution in [0.2, 0.25) is 0 Å². The van der Waals surface area contributed by atoms with Crippen LogP contribution >= 0.6 is 0 Å². The number of carbonyl (C=O) groups is 2. The highest BCUT2D eigenvalue weighted by Gasteiger charge is 2.12. The number of nitrogen functional groups attached to an aromatic ring is 1. The molecule has 18 heavy (non-hydrogen) atoms. The molecule has 1 rings (SSSR count). The van der Waals surface area contributed by atoms with Crippen LogP contribution in [0.15, 0.2) is 24.3 Å². The van der Waals surface area contributed by atoms with Crippen molar-refractivity contribution < 1.29 is 9.59 Å². The Morgan fingerprint density at radius 2 is 1.89 bits per heavy atom. The number of amides is 2. The molecule has 5 nitrogen and oxygen atoms in total. The van der Waals surface area contributed by atoms with E-state index in [4.69, 9.17) is 5.73 Å². The summed E-state index contributed by atoms with van der Waals surface area (Å²) in [6.45, 7) is 2.49. The Labute approximate surface area is 107 Å². The highest BCUT2D eigenvalue weighted by molar-refractivity contribution is 5.85. The molecule has 1 aromatic rings. The zero-order valence-corrected chi connectivity index (χ0v) is 10.8. The van der Waals surface area contributed by atoms with Crippen LogP contribution in [-0.4, -0.2) is 36.9 Å². The molecule has 0 unspecified atom stereocenters. The summed E-state index contributed by atoms with van der Waals surface area (Å²) >= 11 is 0. The van der Waals surface area contributed by atoms with E-state index in [0.29, 0.717) is 12.2 Å². The van der Waals surface area contributed by atoms with Gasteiger partial charge in [0.1, 0.15) is 0 Å². The van der Waals surface area contributed by atoms with Gasteiger partial charge >= 0.3 is 0 Å². The normalized spacial score (nSPS) is 9.89. The Balaban J connectivity index is 2.49. The van der Waals surface area contributed by atoms with Crippen LogP contribution in [0.3, 0.4) is 0 Å². The van der Waals surface area contributed by atoms with Gasteiger partial charge in [0.2, 0.25) is 11.8 Å². The maximum absolute atomic E-state index is 11.9. The molecule has 1 aromatic carbocycles. The third kappa shape index (κ3) is 4.45. The molecule has 0 aliphatic carbocycles. The molecule has 0 heterocycles. The molecule has 0 fully saturated rings. The van der Waals surface area contributed by atoms with E-state index in [1.807, 2.05) is 19.1 Å². The summed E-state index contributed by atoms with van der Waals surface area (Å²) in [6, 6.07) is 7.14. The van der Waals surface area contributed by atoms with Crippen LogP contribution in [0, 0.1) is 0 Å². The van der Waals surface area contributed by atoms with E-state index in [0.717, 1.165) is 5.56 Å². The summed E-state index contributed by atoms with van der Waals surface area (Å²) in [5, 5.41) is 2.65. The molecule has 0 atom stereocenters. The van der Waals surface area contributed by atoms with Crippen molar-refractivity contribution in [1.29, 1.82) is 0 Å². The monoisotopic (exact) mass is 249 g/mol. The number of carbonyl (C=O) groups excluding carboxylic acids is 2. The smallest absolute Gasteiger partial charge is 0.239 e. The quantitative estimate of drug-likeness (QED) is 0.742.